The number of rotatable bonds is 6. The molecule has 0 unspecified atom stereocenters. The van der Waals surface area contributed by atoms with E-state index in [0.29, 0.717) is 18.1 Å². The van der Waals surface area contributed by atoms with E-state index in [0.717, 1.165) is 35.9 Å². The van der Waals surface area contributed by atoms with Gasteiger partial charge < -0.3 is 9.47 Å². The molecule has 164 valence electrons. The highest BCUT2D eigenvalue weighted by Gasteiger charge is 2.27. The van der Waals surface area contributed by atoms with Gasteiger partial charge in [-0.1, -0.05) is 25.0 Å². The Bertz CT molecular complexity index is 1150. The van der Waals surface area contributed by atoms with Crippen LogP contribution in [0.15, 0.2) is 47.4 Å². The molecule has 31 heavy (non-hydrogen) atoms. The van der Waals surface area contributed by atoms with Gasteiger partial charge in [-0.15, -0.1) is 11.3 Å². The summed E-state index contributed by atoms with van der Waals surface area (Å²) in [5.74, 6) is -0.381. The molecule has 1 aromatic heterocycles. The molecule has 4 rings (SSSR count). The molecule has 7 nitrogen and oxygen atoms in total. The summed E-state index contributed by atoms with van der Waals surface area (Å²) < 4.78 is 39.5. The van der Waals surface area contributed by atoms with E-state index in [2.05, 4.69) is 4.98 Å². The summed E-state index contributed by atoms with van der Waals surface area (Å²) in [6.45, 7) is 0.988. The quantitative estimate of drug-likeness (QED) is 0.512. The lowest BCUT2D eigenvalue weighted by Gasteiger charge is -2.20. The van der Waals surface area contributed by atoms with Crippen LogP contribution in [0.5, 0.6) is 5.75 Å². The van der Waals surface area contributed by atoms with E-state index in [1.165, 1.54) is 41.0 Å². The third-order valence-electron chi connectivity index (χ3n) is 5.26. The zero-order valence-electron chi connectivity index (χ0n) is 17.2. The molecule has 0 radical (unpaired) electrons. The highest BCUT2D eigenvalue weighted by atomic mass is 32.2. The fourth-order valence-corrected chi connectivity index (χ4v) is 6.05. The van der Waals surface area contributed by atoms with Gasteiger partial charge in [-0.05, 0) is 43.2 Å². The molecular weight excluding hydrogens is 436 g/mol. The molecule has 0 bridgehead atoms. The van der Waals surface area contributed by atoms with Gasteiger partial charge in [-0.25, -0.2) is 18.2 Å². The first-order valence-corrected chi connectivity index (χ1v) is 12.4. The smallest absolute Gasteiger partial charge is 0.342 e. The molecule has 0 spiro atoms. The average Bonchev–Trinajstić information content (AvgIpc) is 2.99. The Balaban J connectivity index is 1.55. The van der Waals surface area contributed by atoms with Crippen LogP contribution in [0.1, 0.15) is 41.0 Å². The first kappa shape index (κ1) is 21.7. The van der Waals surface area contributed by atoms with E-state index in [1.54, 1.807) is 0 Å². The normalized spacial score (nSPS) is 15.5. The second-order valence-electron chi connectivity index (χ2n) is 7.33. The number of methoxy groups -OCH3 is 1. The lowest BCUT2D eigenvalue weighted by Crippen LogP contribution is -2.32. The van der Waals surface area contributed by atoms with Gasteiger partial charge in [0, 0.05) is 13.1 Å². The van der Waals surface area contributed by atoms with Crippen LogP contribution in [-0.2, 0) is 21.4 Å². The maximum absolute atomic E-state index is 13.1. The maximum atomic E-state index is 13.1. The Morgan fingerprint density at radius 1 is 1.10 bits per heavy atom. The van der Waals surface area contributed by atoms with Crippen molar-refractivity contribution in [3.63, 3.8) is 0 Å². The van der Waals surface area contributed by atoms with Crippen molar-refractivity contribution in [2.24, 2.45) is 0 Å². The van der Waals surface area contributed by atoms with Gasteiger partial charge in [0.25, 0.3) is 0 Å². The number of thiazole rings is 1. The van der Waals surface area contributed by atoms with Crippen LogP contribution in [0.4, 0.5) is 0 Å². The minimum Gasteiger partial charge on any atom is -0.496 e. The van der Waals surface area contributed by atoms with Crippen LogP contribution < -0.4 is 4.74 Å². The number of carbonyl (C=O) groups is 1. The van der Waals surface area contributed by atoms with Crippen LogP contribution in [0, 0.1) is 0 Å². The van der Waals surface area contributed by atoms with Crippen molar-refractivity contribution >= 4 is 37.5 Å². The summed E-state index contributed by atoms with van der Waals surface area (Å²) in [6, 6.07) is 12.0. The third kappa shape index (κ3) is 4.73. The van der Waals surface area contributed by atoms with E-state index in [1.807, 2.05) is 24.3 Å². The Morgan fingerprint density at radius 2 is 1.84 bits per heavy atom. The Morgan fingerprint density at radius 3 is 2.55 bits per heavy atom. The number of sulfonamides is 1. The van der Waals surface area contributed by atoms with Crippen LogP contribution >= 0.6 is 11.3 Å². The summed E-state index contributed by atoms with van der Waals surface area (Å²) in [4.78, 5) is 17.3. The Labute approximate surface area is 185 Å². The maximum Gasteiger partial charge on any atom is 0.342 e. The predicted octanol–water partition coefficient (Wildman–Crippen LogP) is 4.23. The van der Waals surface area contributed by atoms with Crippen molar-refractivity contribution in [2.45, 2.75) is 37.2 Å². The number of benzene rings is 2. The summed E-state index contributed by atoms with van der Waals surface area (Å²) in [7, 11) is -2.26. The molecule has 1 aliphatic rings. The number of ether oxygens (including phenoxy) is 2. The number of nitrogens with zero attached hydrogens (tertiary/aromatic N) is 2. The summed E-state index contributed by atoms with van der Waals surface area (Å²) in [6.07, 6.45) is 3.73. The van der Waals surface area contributed by atoms with Gasteiger partial charge in [-0.3, -0.25) is 0 Å². The molecule has 0 N–H and O–H groups in total. The van der Waals surface area contributed by atoms with Crippen molar-refractivity contribution in [3.8, 4) is 5.75 Å². The minimum atomic E-state index is -3.69. The van der Waals surface area contributed by atoms with Crippen LogP contribution in [-0.4, -0.2) is 43.9 Å². The number of esters is 1. The molecule has 0 aliphatic carbocycles. The fourth-order valence-electron chi connectivity index (χ4n) is 3.62. The highest BCUT2D eigenvalue weighted by Crippen LogP contribution is 2.28. The number of carbonyl (C=O) groups excluding carboxylic acids is 1. The monoisotopic (exact) mass is 460 g/mol. The van der Waals surface area contributed by atoms with Gasteiger partial charge in [-0.2, -0.15) is 4.31 Å². The predicted molar refractivity (Wildman–Crippen MR) is 119 cm³/mol. The number of aromatic nitrogens is 1. The first-order chi connectivity index (χ1) is 15.0. The third-order valence-corrected chi connectivity index (χ3v) is 8.16. The molecular formula is C22H24N2O5S2. The van der Waals surface area contributed by atoms with Crippen molar-refractivity contribution in [2.75, 3.05) is 20.2 Å². The zero-order valence-corrected chi connectivity index (χ0v) is 18.9. The minimum absolute atomic E-state index is 0.00440. The molecule has 0 amide bonds. The van der Waals surface area contributed by atoms with E-state index in [-0.39, 0.29) is 22.8 Å². The number of hydrogen-bond acceptors (Lipinski definition) is 7. The number of para-hydroxylation sites is 1. The second kappa shape index (κ2) is 9.33. The van der Waals surface area contributed by atoms with Gasteiger partial charge in [0.1, 0.15) is 22.9 Å². The molecule has 9 heteroatoms. The summed E-state index contributed by atoms with van der Waals surface area (Å²) in [5.41, 5.74) is 0.932. The van der Waals surface area contributed by atoms with Gasteiger partial charge in [0.2, 0.25) is 10.0 Å². The standard InChI is InChI=1S/C22H24N2O5S2/c1-28-19-11-10-16(31(26,27)24-12-6-2-3-7-13-24)14-17(19)22(25)29-15-21-23-18-8-4-5-9-20(18)30-21/h4-5,8-11,14H,2-3,6-7,12-13,15H2,1H3. The fraction of sp³-hybridized carbons (Fsp3) is 0.364. The summed E-state index contributed by atoms with van der Waals surface area (Å²) in [5, 5.41) is 0.668. The van der Waals surface area contributed by atoms with Gasteiger partial charge in [0.05, 0.1) is 22.2 Å². The Kier molecular flexibility index (Phi) is 6.54. The number of fused-ring (bicyclic) bond motifs is 1. The van der Waals surface area contributed by atoms with E-state index < -0.39 is 16.0 Å². The lowest BCUT2D eigenvalue weighted by molar-refractivity contribution is 0.0468. The molecule has 1 aliphatic heterocycles. The van der Waals surface area contributed by atoms with Crippen molar-refractivity contribution in [1.82, 2.24) is 9.29 Å². The van der Waals surface area contributed by atoms with Gasteiger partial charge >= 0.3 is 5.97 Å². The Hall–Kier alpha value is -2.49. The molecule has 0 atom stereocenters. The van der Waals surface area contributed by atoms with Gasteiger partial charge in [0.15, 0.2) is 0 Å². The molecule has 1 saturated heterocycles. The van der Waals surface area contributed by atoms with Crippen molar-refractivity contribution < 1.29 is 22.7 Å². The first-order valence-electron chi connectivity index (χ1n) is 10.2. The molecule has 1 fully saturated rings. The van der Waals surface area contributed by atoms with E-state index in [9.17, 15) is 13.2 Å². The number of hydrogen-bond donors (Lipinski definition) is 0. The topological polar surface area (TPSA) is 85.8 Å². The molecule has 2 heterocycles. The summed E-state index contributed by atoms with van der Waals surface area (Å²) >= 11 is 1.45. The molecule has 0 saturated carbocycles. The second-order valence-corrected chi connectivity index (χ2v) is 10.4. The van der Waals surface area contributed by atoms with E-state index in [4.69, 9.17) is 9.47 Å². The molecule has 3 aromatic rings. The SMILES string of the molecule is COc1ccc(S(=O)(=O)N2CCCCCC2)cc1C(=O)OCc1nc2ccccc2s1. The highest BCUT2D eigenvalue weighted by molar-refractivity contribution is 7.89. The van der Waals surface area contributed by atoms with Crippen LogP contribution in [0.2, 0.25) is 0 Å². The average molecular weight is 461 g/mol. The van der Waals surface area contributed by atoms with Crippen molar-refractivity contribution in [3.05, 3.63) is 53.0 Å². The van der Waals surface area contributed by atoms with E-state index >= 15 is 0 Å². The molecule has 2 aromatic carbocycles. The lowest BCUT2D eigenvalue weighted by atomic mass is 10.2. The largest absolute Gasteiger partial charge is 0.496 e. The van der Waals surface area contributed by atoms with Crippen molar-refractivity contribution in [1.29, 1.82) is 0 Å². The van der Waals surface area contributed by atoms with Crippen LogP contribution in [0.3, 0.4) is 0 Å². The zero-order chi connectivity index (χ0) is 21.8. The van der Waals surface area contributed by atoms with Crippen LogP contribution in [0.25, 0.3) is 10.2 Å².